The van der Waals surface area contributed by atoms with E-state index in [1.807, 2.05) is 0 Å². The van der Waals surface area contributed by atoms with Crippen molar-refractivity contribution in [2.75, 3.05) is 51.4 Å². The maximum atomic E-state index is 12.6. The summed E-state index contributed by atoms with van der Waals surface area (Å²) in [5.41, 5.74) is 0.571. The van der Waals surface area contributed by atoms with Gasteiger partial charge in [0.05, 0.1) is 23.9 Å². The van der Waals surface area contributed by atoms with Gasteiger partial charge in [0, 0.05) is 31.2 Å². The number of rotatable bonds is 7. The number of carbonyl (C=O) groups excluding carboxylic acids is 4. The third-order valence-corrected chi connectivity index (χ3v) is 7.87. The van der Waals surface area contributed by atoms with E-state index in [0.717, 1.165) is 11.3 Å². The van der Waals surface area contributed by atoms with Gasteiger partial charge in [0.15, 0.2) is 14.6 Å². The molecule has 0 radical (unpaired) electrons. The maximum Gasteiger partial charge on any atom is 0.409 e. The second kappa shape index (κ2) is 11.8. The molecule has 15 heteroatoms. The quantitative estimate of drug-likeness (QED) is 0.449. The maximum absolute atomic E-state index is 12.6. The fraction of sp³-hybridized carbons (Fsp3) is 0.476. The van der Waals surface area contributed by atoms with Crippen molar-refractivity contribution in [3.8, 4) is 0 Å². The monoisotopic (exact) mass is 560 g/mol. The van der Waals surface area contributed by atoms with Gasteiger partial charge in [-0.2, -0.15) is 4.99 Å². The van der Waals surface area contributed by atoms with Crippen molar-refractivity contribution in [3.05, 3.63) is 28.0 Å². The van der Waals surface area contributed by atoms with E-state index in [0.29, 0.717) is 15.2 Å². The molecule has 2 aromatic rings. The molecule has 0 saturated carbocycles. The molecule has 3 amide bonds. The van der Waals surface area contributed by atoms with Crippen LogP contribution >= 0.6 is 22.9 Å². The third-order valence-electron chi connectivity index (χ3n) is 5.23. The summed E-state index contributed by atoms with van der Waals surface area (Å²) in [6.45, 7) is 2.42. The van der Waals surface area contributed by atoms with Crippen LogP contribution in [0.3, 0.4) is 0 Å². The molecule has 196 valence electrons. The zero-order chi connectivity index (χ0) is 26.5. The summed E-state index contributed by atoms with van der Waals surface area (Å²) in [7, 11) is -2.90. The molecule has 0 N–H and O–H groups in total. The van der Waals surface area contributed by atoms with Gasteiger partial charge in [-0.15, -0.1) is 0 Å². The number of amides is 3. The van der Waals surface area contributed by atoms with Crippen molar-refractivity contribution in [1.82, 2.24) is 14.4 Å². The Morgan fingerprint density at radius 1 is 1.08 bits per heavy atom. The van der Waals surface area contributed by atoms with E-state index >= 15 is 0 Å². The summed E-state index contributed by atoms with van der Waals surface area (Å²) < 4.78 is 36.8. The smallest absolute Gasteiger partial charge is 0.409 e. The van der Waals surface area contributed by atoms with Gasteiger partial charge in [-0.05, 0) is 25.1 Å². The van der Waals surface area contributed by atoms with Gasteiger partial charge in [0.25, 0.3) is 5.91 Å². The average Bonchev–Trinajstić information content (AvgIpc) is 3.13. The Bertz CT molecular complexity index is 1340. The Kier molecular flexibility index (Phi) is 9.08. The van der Waals surface area contributed by atoms with Gasteiger partial charge in [-0.25, -0.2) is 13.2 Å². The van der Waals surface area contributed by atoms with E-state index in [1.54, 1.807) is 25.1 Å². The lowest BCUT2D eigenvalue weighted by molar-refractivity contribution is -0.141. The number of sulfone groups is 1. The topological polar surface area (TPSA) is 145 Å². The number of benzene rings is 1. The van der Waals surface area contributed by atoms with Crippen LogP contribution in [0.4, 0.5) is 4.79 Å². The van der Waals surface area contributed by atoms with Crippen LogP contribution < -0.4 is 4.80 Å². The molecular weight excluding hydrogens is 536 g/mol. The number of nitrogens with zero attached hydrogens (tertiary/aromatic N) is 4. The summed E-state index contributed by atoms with van der Waals surface area (Å²) in [6, 6.07) is 4.90. The van der Waals surface area contributed by atoms with Gasteiger partial charge < -0.3 is 23.8 Å². The largest absolute Gasteiger partial charge is 0.468 e. The summed E-state index contributed by atoms with van der Waals surface area (Å²) in [6.07, 6.45) is -0.489. The van der Waals surface area contributed by atoms with Crippen molar-refractivity contribution < 1.29 is 37.1 Å². The molecule has 1 aliphatic rings. The molecule has 1 aromatic carbocycles. The standard InChI is InChI=1S/C21H25ClN4O8S2/c1-3-34-21(30)25-8-6-24(7-9-25)18(28)13-36(31,32)12-17(27)23-20-26(11-19(29)33-2)15-5-4-14(22)10-16(15)35-20/h4-5,10H,3,6-9,11-13H2,1-2H3. The van der Waals surface area contributed by atoms with Crippen molar-refractivity contribution in [3.63, 3.8) is 0 Å². The van der Waals surface area contributed by atoms with Crippen LogP contribution in [0.5, 0.6) is 0 Å². The molecule has 0 atom stereocenters. The molecule has 1 aromatic heterocycles. The molecule has 12 nitrogen and oxygen atoms in total. The number of hydrogen-bond acceptors (Lipinski definition) is 9. The molecule has 36 heavy (non-hydrogen) atoms. The number of carbonyl (C=O) groups is 4. The van der Waals surface area contributed by atoms with Crippen LogP contribution in [0.1, 0.15) is 6.92 Å². The molecule has 1 fully saturated rings. The Morgan fingerprint density at radius 3 is 2.39 bits per heavy atom. The first-order valence-electron chi connectivity index (χ1n) is 10.9. The lowest BCUT2D eigenvalue weighted by atomic mass is 10.3. The molecule has 3 rings (SSSR count). The van der Waals surface area contributed by atoms with Crippen LogP contribution in [0.25, 0.3) is 10.2 Å². The van der Waals surface area contributed by atoms with Crippen molar-refractivity contribution in [2.45, 2.75) is 13.5 Å². The fourth-order valence-electron chi connectivity index (χ4n) is 3.49. The van der Waals surface area contributed by atoms with Crippen LogP contribution in [-0.4, -0.2) is 98.1 Å². The van der Waals surface area contributed by atoms with Gasteiger partial charge in [0.1, 0.15) is 18.1 Å². The van der Waals surface area contributed by atoms with Gasteiger partial charge in [0.2, 0.25) is 5.91 Å². The molecule has 0 spiro atoms. The highest BCUT2D eigenvalue weighted by Gasteiger charge is 2.29. The highest BCUT2D eigenvalue weighted by atomic mass is 35.5. The molecule has 1 saturated heterocycles. The molecule has 0 bridgehead atoms. The predicted octanol–water partition coefficient (Wildman–Crippen LogP) is 0.672. The van der Waals surface area contributed by atoms with Crippen LogP contribution in [0, 0.1) is 0 Å². The third kappa shape index (κ3) is 7.04. The highest BCUT2D eigenvalue weighted by Crippen LogP contribution is 2.22. The zero-order valence-corrected chi connectivity index (χ0v) is 22.0. The number of esters is 1. The first kappa shape index (κ1) is 27.6. The minimum atomic E-state index is -4.12. The minimum Gasteiger partial charge on any atom is -0.468 e. The summed E-state index contributed by atoms with van der Waals surface area (Å²) in [4.78, 5) is 55.4. The van der Waals surface area contributed by atoms with Crippen molar-refractivity contribution in [2.24, 2.45) is 4.99 Å². The zero-order valence-electron chi connectivity index (χ0n) is 19.6. The lowest BCUT2D eigenvalue weighted by Crippen LogP contribution is -2.52. The number of methoxy groups -OCH3 is 1. The summed E-state index contributed by atoms with van der Waals surface area (Å²) >= 11 is 7.08. The second-order valence-corrected chi connectivity index (χ2v) is 11.3. The summed E-state index contributed by atoms with van der Waals surface area (Å²) in [5.74, 6) is -4.07. The van der Waals surface area contributed by atoms with E-state index in [9.17, 15) is 27.6 Å². The Morgan fingerprint density at radius 2 is 1.75 bits per heavy atom. The lowest BCUT2D eigenvalue weighted by Gasteiger charge is -2.34. The average molecular weight is 561 g/mol. The van der Waals surface area contributed by atoms with Gasteiger partial charge in [-0.3, -0.25) is 14.4 Å². The van der Waals surface area contributed by atoms with E-state index in [4.69, 9.17) is 21.1 Å². The fourth-order valence-corrected chi connectivity index (χ4v) is 5.91. The van der Waals surface area contributed by atoms with Crippen molar-refractivity contribution >= 4 is 66.9 Å². The van der Waals surface area contributed by atoms with Crippen LogP contribution in [0.15, 0.2) is 23.2 Å². The Hall–Kier alpha value is -2.97. The highest BCUT2D eigenvalue weighted by molar-refractivity contribution is 7.92. The SMILES string of the molecule is CCOC(=O)N1CCN(C(=O)CS(=O)(=O)CC(=O)N=c2sc3cc(Cl)ccc3n2CC(=O)OC)CC1. The normalized spacial score (nSPS) is 14.7. The number of fused-ring (bicyclic) bond motifs is 1. The number of ether oxygens (including phenoxy) is 2. The van der Waals surface area contributed by atoms with Gasteiger partial charge in [-0.1, -0.05) is 22.9 Å². The van der Waals surface area contributed by atoms with Crippen LogP contribution in [-0.2, 0) is 40.2 Å². The molecule has 0 unspecified atom stereocenters. The number of aromatic nitrogens is 1. The minimum absolute atomic E-state index is 0.0966. The number of halogens is 1. The molecule has 2 heterocycles. The number of piperazine rings is 1. The van der Waals surface area contributed by atoms with E-state index in [2.05, 4.69) is 4.99 Å². The molecule has 0 aliphatic carbocycles. The van der Waals surface area contributed by atoms with E-state index < -0.39 is 45.2 Å². The number of hydrogen-bond donors (Lipinski definition) is 0. The van der Waals surface area contributed by atoms with E-state index in [-0.39, 0.29) is 44.1 Å². The van der Waals surface area contributed by atoms with Crippen molar-refractivity contribution in [1.29, 1.82) is 0 Å². The van der Waals surface area contributed by atoms with Gasteiger partial charge >= 0.3 is 12.1 Å². The predicted molar refractivity (Wildman–Crippen MR) is 131 cm³/mol. The molecular formula is C21H25ClN4O8S2. The summed E-state index contributed by atoms with van der Waals surface area (Å²) in [5, 5.41) is 0.441. The molecule has 1 aliphatic heterocycles. The van der Waals surface area contributed by atoms with Crippen LogP contribution in [0.2, 0.25) is 5.02 Å². The van der Waals surface area contributed by atoms with E-state index in [1.165, 1.54) is 21.5 Å². The second-order valence-electron chi connectivity index (χ2n) is 7.76. The Labute approximate surface area is 216 Å². The Balaban J connectivity index is 1.70. The first-order valence-corrected chi connectivity index (χ1v) is 13.9. The number of thiazole rings is 1. The first-order chi connectivity index (χ1) is 17.0.